The largest absolute Gasteiger partial charge is 0.299 e. The van der Waals surface area contributed by atoms with Gasteiger partial charge in [0.25, 0.3) is 5.56 Å². The molecular formula is C11H9BrN2OS. The maximum atomic E-state index is 11.1. The predicted octanol–water partition coefficient (Wildman–Crippen LogP) is 2.97. The third-order valence-electron chi connectivity index (χ3n) is 2.13. The number of nitrogens with one attached hydrogen (secondary N) is 1. The van der Waals surface area contributed by atoms with Crippen molar-refractivity contribution in [3.63, 3.8) is 0 Å². The molecule has 3 nitrogen and oxygen atoms in total. The summed E-state index contributed by atoms with van der Waals surface area (Å²) >= 11 is 8.53. The summed E-state index contributed by atoms with van der Waals surface area (Å²) in [6.07, 6.45) is 1.67. The van der Waals surface area contributed by atoms with Gasteiger partial charge in [0, 0.05) is 22.4 Å². The maximum absolute atomic E-state index is 11.1. The standard InChI is InChI=1S/C11H9BrN2OS/c1-7-4-8(12)6-9(5-7)14-3-2-10(15)13-11(14)16/h2-6H,1H3,(H,13,15,16). The molecule has 0 spiro atoms. The Bertz CT molecular complexity index is 625. The van der Waals surface area contributed by atoms with E-state index in [2.05, 4.69) is 20.9 Å². The van der Waals surface area contributed by atoms with E-state index in [4.69, 9.17) is 12.2 Å². The Morgan fingerprint density at radius 1 is 1.38 bits per heavy atom. The molecule has 1 aromatic heterocycles. The number of hydrogen-bond donors (Lipinski definition) is 1. The van der Waals surface area contributed by atoms with Crippen LogP contribution in [-0.2, 0) is 0 Å². The molecule has 0 aliphatic carbocycles. The van der Waals surface area contributed by atoms with Crippen LogP contribution in [0, 0.1) is 11.7 Å². The molecule has 1 aromatic carbocycles. The van der Waals surface area contributed by atoms with Gasteiger partial charge in [-0.15, -0.1) is 0 Å². The van der Waals surface area contributed by atoms with Gasteiger partial charge in [0.2, 0.25) is 0 Å². The first-order valence-electron chi connectivity index (χ1n) is 4.66. The summed E-state index contributed by atoms with van der Waals surface area (Å²) in [5.41, 5.74) is 1.86. The van der Waals surface area contributed by atoms with E-state index >= 15 is 0 Å². The van der Waals surface area contributed by atoms with Crippen LogP contribution in [0.5, 0.6) is 0 Å². The summed E-state index contributed by atoms with van der Waals surface area (Å²) in [5, 5.41) is 0. The fourth-order valence-electron chi connectivity index (χ4n) is 1.48. The number of benzene rings is 1. The van der Waals surface area contributed by atoms with Crippen molar-refractivity contribution >= 4 is 28.1 Å². The van der Waals surface area contributed by atoms with Crippen molar-refractivity contribution in [2.45, 2.75) is 6.92 Å². The van der Waals surface area contributed by atoms with Crippen molar-refractivity contribution < 1.29 is 0 Å². The highest BCUT2D eigenvalue weighted by atomic mass is 79.9. The first-order valence-corrected chi connectivity index (χ1v) is 5.86. The summed E-state index contributed by atoms with van der Waals surface area (Å²) < 4.78 is 3.13. The monoisotopic (exact) mass is 296 g/mol. The molecule has 0 amide bonds. The third kappa shape index (κ3) is 2.31. The fraction of sp³-hybridized carbons (Fsp3) is 0.0909. The molecule has 2 rings (SSSR count). The van der Waals surface area contributed by atoms with E-state index in [-0.39, 0.29) is 5.56 Å². The van der Waals surface area contributed by atoms with Crippen molar-refractivity contribution in [3.8, 4) is 5.69 Å². The second-order valence-electron chi connectivity index (χ2n) is 3.47. The summed E-state index contributed by atoms with van der Waals surface area (Å²) in [7, 11) is 0. The maximum Gasteiger partial charge on any atom is 0.251 e. The zero-order valence-electron chi connectivity index (χ0n) is 8.53. The van der Waals surface area contributed by atoms with Gasteiger partial charge >= 0.3 is 0 Å². The second-order valence-corrected chi connectivity index (χ2v) is 4.77. The van der Waals surface area contributed by atoms with Crippen LogP contribution in [-0.4, -0.2) is 9.55 Å². The number of halogens is 1. The van der Waals surface area contributed by atoms with E-state index in [0.717, 1.165) is 15.7 Å². The molecule has 5 heteroatoms. The number of aromatic nitrogens is 2. The third-order valence-corrected chi connectivity index (χ3v) is 2.89. The SMILES string of the molecule is Cc1cc(Br)cc(-n2ccc(=O)[nH]c2=S)c1. The molecule has 0 saturated heterocycles. The molecular weight excluding hydrogens is 288 g/mol. The van der Waals surface area contributed by atoms with Crippen LogP contribution >= 0.6 is 28.1 Å². The van der Waals surface area contributed by atoms with Gasteiger partial charge in [0.05, 0.1) is 0 Å². The lowest BCUT2D eigenvalue weighted by Gasteiger charge is -2.07. The number of nitrogens with zero attached hydrogens (tertiary/aromatic N) is 1. The summed E-state index contributed by atoms with van der Waals surface area (Å²) in [4.78, 5) is 13.6. The molecule has 0 atom stereocenters. The van der Waals surface area contributed by atoms with Crippen LogP contribution in [0.4, 0.5) is 0 Å². The lowest BCUT2D eigenvalue weighted by atomic mass is 10.2. The molecule has 0 aliphatic rings. The van der Waals surface area contributed by atoms with Gasteiger partial charge in [-0.1, -0.05) is 15.9 Å². The average Bonchev–Trinajstić information content (AvgIpc) is 2.15. The lowest BCUT2D eigenvalue weighted by Crippen LogP contribution is -2.09. The highest BCUT2D eigenvalue weighted by molar-refractivity contribution is 9.10. The fourth-order valence-corrected chi connectivity index (χ4v) is 2.34. The zero-order valence-corrected chi connectivity index (χ0v) is 10.9. The molecule has 0 unspecified atom stereocenters. The van der Waals surface area contributed by atoms with E-state index in [9.17, 15) is 4.79 Å². The number of H-pyrrole nitrogens is 1. The quantitative estimate of drug-likeness (QED) is 0.822. The Labute approximate surface area is 106 Å². The van der Waals surface area contributed by atoms with Gasteiger partial charge in [-0.25, -0.2) is 0 Å². The first-order chi connectivity index (χ1) is 7.56. The van der Waals surface area contributed by atoms with E-state index in [1.54, 1.807) is 10.8 Å². The molecule has 0 fully saturated rings. The minimum Gasteiger partial charge on any atom is -0.299 e. The Morgan fingerprint density at radius 2 is 2.12 bits per heavy atom. The van der Waals surface area contributed by atoms with Crippen LogP contribution in [0.2, 0.25) is 0 Å². The van der Waals surface area contributed by atoms with E-state index in [1.165, 1.54) is 6.07 Å². The van der Waals surface area contributed by atoms with Gasteiger partial charge in [0.1, 0.15) is 0 Å². The van der Waals surface area contributed by atoms with Crippen LogP contribution in [0.1, 0.15) is 5.56 Å². The van der Waals surface area contributed by atoms with E-state index in [0.29, 0.717) is 4.77 Å². The molecule has 82 valence electrons. The molecule has 0 radical (unpaired) electrons. The molecule has 2 aromatic rings. The van der Waals surface area contributed by atoms with Crippen molar-refractivity contribution in [1.29, 1.82) is 0 Å². The normalized spacial score (nSPS) is 10.4. The number of aromatic amines is 1. The number of rotatable bonds is 1. The van der Waals surface area contributed by atoms with Crippen LogP contribution in [0.15, 0.2) is 39.7 Å². The Balaban J connectivity index is 2.67. The van der Waals surface area contributed by atoms with Gasteiger partial charge in [-0.2, -0.15) is 0 Å². The second kappa shape index (κ2) is 4.35. The topological polar surface area (TPSA) is 37.8 Å². The van der Waals surface area contributed by atoms with E-state index in [1.807, 2.05) is 25.1 Å². The Hall–Kier alpha value is -1.20. The first kappa shape index (κ1) is 11.3. The molecule has 16 heavy (non-hydrogen) atoms. The van der Waals surface area contributed by atoms with Crippen molar-refractivity contribution in [2.75, 3.05) is 0 Å². The molecule has 1 N–H and O–H groups in total. The number of aryl methyl sites for hydroxylation is 1. The van der Waals surface area contributed by atoms with Crippen LogP contribution < -0.4 is 5.56 Å². The van der Waals surface area contributed by atoms with Gasteiger partial charge in [-0.05, 0) is 42.9 Å². The van der Waals surface area contributed by atoms with Crippen LogP contribution in [0.25, 0.3) is 5.69 Å². The van der Waals surface area contributed by atoms with Crippen molar-refractivity contribution in [1.82, 2.24) is 9.55 Å². The lowest BCUT2D eigenvalue weighted by molar-refractivity contribution is 0.935. The summed E-state index contributed by atoms with van der Waals surface area (Å²) in [6.45, 7) is 2.00. The van der Waals surface area contributed by atoms with Crippen LogP contribution in [0.3, 0.4) is 0 Å². The Morgan fingerprint density at radius 3 is 2.75 bits per heavy atom. The minimum absolute atomic E-state index is 0.187. The average molecular weight is 297 g/mol. The minimum atomic E-state index is -0.187. The summed E-state index contributed by atoms with van der Waals surface area (Å²) in [5.74, 6) is 0. The molecule has 0 bridgehead atoms. The molecule has 0 aliphatic heterocycles. The number of hydrogen-bond acceptors (Lipinski definition) is 2. The van der Waals surface area contributed by atoms with Crippen molar-refractivity contribution in [2.24, 2.45) is 0 Å². The summed E-state index contributed by atoms with van der Waals surface area (Å²) in [6, 6.07) is 7.41. The Kier molecular flexibility index (Phi) is 3.07. The predicted molar refractivity (Wildman–Crippen MR) is 69.7 cm³/mol. The highest BCUT2D eigenvalue weighted by Crippen LogP contribution is 2.18. The zero-order chi connectivity index (χ0) is 11.7. The highest BCUT2D eigenvalue weighted by Gasteiger charge is 2.00. The van der Waals surface area contributed by atoms with Gasteiger partial charge in [0.15, 0.2) is 4.77 Å². The van der Waals surface area contributed by atoms with Gasteiger partial charge < -0.3 is 0 Å². The molecule has 1 heterocycles. The van der Waals surface area contributed by atoms with Gasteiger partial charge in [-0.3, -0.25) is 14.3 Å². The molecule has 0 saturated carbocycles. The van der Waals surface area contributed by atoms with Crippen molar-refractivity contribution in [3.05, 3.63) is 55.6 Å². The smallest absolute Gasteiger partial charge is 0.251 e. The van der Waals surface area contributed by atoms with E-state index < -0.39 is 0 Å².